The summed E-state index contributed by atoms with van der Waals surface area (Å²) in [5.74, 6) is 1.57. The van der Waals surface area contributed by atoms with Gasteiger partial charge in [0.15, 0.2) is 0 Å². The zero-order valence-corrected chi connectivity index (χ0v) is 17.1. The number of hydrogen-bond acceptors (Lipinski definition) is 6. The van der Waals surface area contributed by atoms with Crippen LogP contribution in [0.5, 0.6) is 11.5 Å². The van der Waals surface area contributed by atoms with Gasteiger partial charge in [-0.2, -0.15) is 10.2 Å². The number of rotatable bonds is 7. The van der Waals surface area contributed by atoms with Gasteiger partial charge in [-0.25, -0.2) is 4.98 Å². The first-order valence-electron chi connectivity index (χ1n) is 9.35. The highest BCUT2D eigenvalue weighted by Gasteiger charge is 2.47. The van der Waals surface area contributed by atoms with Gasteiger partial charge in [0.25, 0.3) is 0 Å². The highest BCUT2D eigenvalue weighted by molar-refractivity contribution is 6.30. The van der Waals surface area contributed by atoms with E-state index in [4.69, 9.17) is 25.9 Å². The molecule has 7 nitrogen and oxygen atoms in total. The number of nitrogens with zero attached hydrogens (tertiary/aromatic N) is 4. The molecule has 8 heteroatoms. The van der Waals surface area contributed by atoms with Gasteiger partial charge in [0.1, 0.15) is 36.9 Å². The fourth-order valence-corrected chi connectivity index (χ4v) is 3.84. The van der Waals surface area contributed by atoms with Gasteiger partial charge in [-0.3, -0.25) is 9.52 Å². The van der Waals surface area contributed by atoms with Crippen molar-refractivity contribution in [2.45, 2.75) is 24.6 Å². The summed E-state index contributed by atoms with van der Waals surface area (Å²) in [5.41, 5.74) is 0.693. The van der Waals surface area contributed by atoms with Crippen LogP contribution < -0.4 is 9.47 Å². The molecule has 3 aromatic rings. The molecule has 0 saturated carbocycles. The topological polar surface area (TPSA) is 61.6 Å². The zero-order valence-electron chi connectivity index (χ0n) is 16.4. The number of halogens is 1. The maximum absolute atomic E-state index is 6.17. The molecule has 2 atom stereocenters. The number of likely N-dealkylation sites (N-methyl/N-ethyl adjacent to an activating group) is 1. The van der Waals surface area contributed by atoms with E-state index in [2.05, 4.69) is 10.1 Å². The highest BCUT2D eigenvalue weighted by Crippen LogP contribution is 2.41. The van der Waals surface area contributed by atoms with Gasteiger partial charge in [0.2, 0.25) is 0 Å². The Balaban J connectivity index is 1.52. The summed E-state index contributed by atoms with van der Waals surface area (Å²) in [5, 5.41) is 6.89. The average molecular weight is 415 g/mol. The maximum Gasteiger partial charge on any atom is 0.137 e. The van der Waals surface area contributed by atoms with E-state index in [-0.39, 0.29) is 6.10 Å². The molecule has 1 aliphatic heterocycles. The van der Waals surface area contributed by atoms with Crippen LogP contribution in [-0.2, 0) is 16.9 Å². The van der Waals surface area contributed by atoms with Gasteiger partial charge >= 0.3 is 0 Å². The molecule has 1 aliphatic rings. The van der Waals surface area contributed by atoms with Crippen LogP contribution in [-0.4, -0.2) is 46.7 Å². The molecule has 1 fully saturated rings. The molecular formula is C21H23ClN4O3. The van der Waals surface area contributed by atoms with E-state index < -0.39 is 5.54 Å². The molecular weight excluding hydrogens is 392 g/mol. The lowest BCUT2D eigenvalue weighted by atomic mass is 9.85. The van der Waals surface area contributed by atoms with Gasteiger partial charge in [-0.15, -0.1) is 0 Å². The molecule has 1 saturated heterocycles. The van der Waals surface area contributed by atoms with Crippen molar-refractivity contribution in [1.29, 1.82) is 0 Å². The summed E-state index contributed by atoms with van der Waals surface area (Å²) in [6.45, 7) is 1.04. The second-order valence-corrected chi connectivity index (χ2v) is 7.48. The van der Waals surface area contributed by atoms with Crippen LogP contribution in [0.15, 0.2) is 61.2 Å². The first kappa shape index (κ1) is 19.7. The van der Waals surface area contributed by atoms with E-state index in [1.165, 1.54) is 6.33 Å². The molecule has 0 unspecified atom stereocenters. The molecule has 0 spiro atoms. The van der Waals surface area contributed by atoms with Crippen LogP contribution >= 0.6 is 11.6 Å². The van der Waals surface area contributed by atoms with E-state index in [0.29, 0.717) is 18.2 Å². The van der Waals surface area contributed by atoms with Gasteiger partial charge in [0, 0.05) is 18.5 Å². The minimum Gasteiger partial charge on any atom is -0.497 e. The number of hydroxylamine groups is 2. The molecule has 0 N–H and O–H groups in total. The SMILES string of the molecule is COc1ccc(OC[C@@H]2C[C@@](Cn3cncn3)(c3ccc(Cl)cc3)N(C)O2)cc1. The normalized spacial score (nSPS) is 22.0. The van der Waals surface area contributed by atoms with Crippen molar-refractivity contribution in [3.63, 3.8) is 0 Å². The quantitative estimate of drug-likeness (QED) is 0.589. The Labute approximate surface area is 174 Å². The number of benzene rings is 2. The molecule has 0 radical (unpaired) electrons. The van der Waals surface area contributed by atoms with Crippen molar-refractivity contribution in [3.05, 3.63) is 71.8 Å². The Morgan fingerprint density at radius 2 is 1.86 bits per heavy atom. The Morgan fingerprint density at radius 3 is 2.52 bits per heavy atom. The molecule has 2 aromatic carbocycles. The fourth-order valence-electron chi connectivity index (χ4n) is 3.72. The van der Waals surface area contributed by atoms with Gasteiger partial charge in [-0.1, -0.05) is 23.7 Å². The predicted octanol–water partition coefficient (Wildman–Crippen LogP) is 3.55. The minimum atomic E-state index is -0.410. The summed E-state index contributed by atoms with van der Waals surface area (Å²) >= 11 is 6.11. The second-order valence-electron chi connectivity index (χ2n) is 7.05. The Morgan fingerprint density at radius 1 is 1.14 bits per heavy atom. The molecule has 2 heterocycles. The summed E-state index contributed by atoms with van der Waals surface area (Å²) in [4.78, 5) is 10.2. The third-order valence-corrected chi connectivity index (χ3v) is 5.49. The smallest absolute Gasteiger partial charge is 0.137 e. The van der Waals surface area contributed by atoms with E-state index in [1.54, 1.807) is 13.4 Å². The Hall–Kier alpha value is -2.61. The molecule has 0 aliphatic carbocycles. The lowest BCUT2D eigenvalue weighted by Crippen LogP contribution is -2.42. The molecule has 152 valence electrons. The second kappa shape index (κ2) is 8.41. The maximum atomic E-state index is 6.17. The van der Waals surface area contributed by atoms with Crippen LogP contribution in [0.2, 0.25) is 5.02 Å². The molecule has 0 amide bonds. The van der Waals surface area contributed by atoms with Crippen LogP contribution in [0, 0.1) is 0 Å². The van der Waals surface area contributed by atoms with Crippen molar-refractivity contribution in [3.8, 4) is 11.5 Å². The van der Waals surface area contributed by atoms with E-state index in [1.807, 2.05) is 65.3 Å². The van der Waals surface area contributed by atoms with E-state index >= 15 is 0 Å². The van der Waals surface area contributed by atoms with Crippen molar-refractivity contribution in [2.75, 3.05) is 20.8 Å². The average Bonchev–Trinajstić information content (AvgIpc) is 3.36. The summed E-state index contributed by atoms with van der Waals surface area (Å²) in [6, 6.07) is 15.4. The van der Waals surface area contributed by atoms with Crippen LogP contribution in [0.1, 0.15) is 12.0 Å². The van der Waals surface area contributed by atoms with Crippen LogP contribution in [0.3, 0.4) is 0 Å². The van der Waals surface area contributed by atoms with Crippen LogP contribution in [0.4, 0.5) is 0 Å². The predicted molar refractivity (Wildman–Crippen MR) is 109 cm³/mol. The number of hydrogen-bond donors (Lipinski definition) is 0. The minimum absolute atomic E-state index is 0.110. The molecule has 1 aromatic heterocycles. The molecule has 0 bridgehead atoms. The number of methoxy groups -OCH3 is 1. The zero-order chi connectivity index (χ0) is 20.3. The Bertz CT molecular complexity index is 918. The number of aromatic nitrogens is 3. The third-order valence-electron chi connectivity index (χ3n) is 5.24. The molecule has 4 rings (SSSR count). The molecule has 29 heavy (non-hydrogen) atoms. The lowest BCUT2D eigenvalue weighted by molar-refractivity contribution is -0.180. The standard InChI is InChI=1S/C21H23ClN4O3/c1-25-21(13-26-15-23-14-24-26,16-3-5-17(22)6-4-16)11-20(29-25)12-28-19-9-7-18(27-2)8-10-19/h3-10,14-15,20H,11-13H2,1-2H3/t20-,21+/m0/s1. The first-order chi connectivity index (χ1) is 14.1. The lowest BCUT2D eigenvalue weighted by Gasteiger charge is -2.34. The van der Waals surface area contributed by atoms with Crippen molar-refractivity contribution < 1.29 is 14.3 Å². The van der Waals surface area contributed by atoms with Crippen molar-refractivity contribution in [2.24, 2.45) is 0 Å². The number of ether oxygens (including phenoxy) is 2. The van der Waals surface area contributed by atoms with Crippen molar-refractivity contribution in [1.82, 2.24) is 19.8 Å². The first-order valence-corrected chi connectivity index (χ1v) is 9.73. The van der Waals surface area contributed by atoms with E-state index in [0.717, 1.165) is 23.5 Å². The summed E-state index contributed by atoms with van der Waals surface area (Å²) in [7, 11) is 3.59. The van der Waals surface area contributed by atoms with Gasteiger partial charge in [0.05, 0.1) is 19.2 Å². The monoisotopic (exact) mass is 414 g/mol. The fraction of sp³-hybridized carbons (Fsp3) is 0.333. The van der Waals surface area contributed by atoms with E-state index in [9.17, 15) is 0 Å². The summed E-state index contributed by atoms with van der Waals surface area (Å²) in [6.07, 6.45) is 3.88. The van der Waals surface area contributed by atoms with Gasteiger partial charge in [-0.05, 0) is 42.0 Å². The van der Waals surface area contributed by atoms with Crippen LogP contribution in [0.25, 0.3) is 0 Å². The highest BCUT2D eigenvalue weighted by atomic mass is 35.5. The Kier molecular flexibility index (Phi) is 5.71. The van der Waals surface area contributed by atoms with Crippen molar-refractivity contribution >= 4 is 11.6 Å². The third kappa shape index (κ3) is 4.22. The van der Waals surface area contributed by atoms with Gasteiger partial charge < -0.3 is 9.47 Å². The summed E-state index contributed by atoms with van der Waals surface area (Å²) < 4.78 is 13.0. The largest absolute Gasteiger partial charge is 0.497 e.